The number of hydrogen-bond donors (Lipinski definition) is 0. The Morgan fingerprint density at radius 3 is 2.68 bits per heavy atom. The maximum Gasteiger partial charge on any atom is 0.134 e. The van der Waals surface area contributed by atoms with Crippen LogP contribution in [0.5, 0.6) is 0 Å². The first-order valence-corrected chi connectivity index (χ1v) is 7.74. The van der Waals surface area contributed by atoms with Gasteiger partial charge in [0.25, 0.3) is 0 Å². The zero-order chi connectivity index (χ0) is 16.4. The monoisotopic (exact) mass is 305 g/mol. The van der Waals surface area contributed by atoms with Gasteiger partial charge in [0.15, 0.2) is 0 Å². The molecule has 5 heteroatoms. The molecule has 0 bridgehead atoms. The van der Waals surface area contributed by atoms with Crippen LogP contribution in [0.4, 0.5) is 0 Å². The molecule has 0 aromatic carbocycles. The van der Waals surface area contributed by atoms with Crippen LogP contribution in [-0.4, -0.2) is 50.7 Å². The fourth-order valence-electron chi connectivity index (χ4n) is 2.25. The smallest absolute Gasteiger partial charge is 0.134 e. The molecule has 0 saturated heterocycles. The number of rotatable bonds is 4. The predicted molar refractivity (Wildman–Crippen MR) is 92.3 cm³/mol. The SMILES string of the molecule is C=N/C(=C\C(=NC)C1=CCOCC1)N1CCOC=C1C.CC. The van der Waals surface area contributed by atoms with E-state index in [9.17, 15) is 0 Å². The van der Waals surface area contributed by atoms with Crippen molar-refractivity contribution in [2.75, 3.05) is 33.4 Å². The highest BCUT2D eigenvalue weighted by molar-refractivity contribution is 6.08. The summed E-state index contributed by atoms with van der Waals surface area (Å²) in [5, 5.41) is 0. The van der Waals surface area contributed by atoms with Crippen LogP contribution >= 0.6 is 0 Å². The summed E-state index contributed by atoms with van der Waals surface area (Å²) in [5.74, 6) is 0.801. The number of allylic oxidation sites excluding steroid dienone is 2. The number of ether oxygens (including phenoxy) is 2. The van der Waals surface area contributed by atoms with E-state index in [4.69, 9.17) is 9.47 Å². The normalized spacial score (nSPS) is 19.4. The number of hydrogen-bond acceptors (Lipinski definition) is 5. The maximum atomic E-state index is 5.34. The van der Waals surface area contributed by atoms with E-state index in [-0.39, 0.29) is 0 Å². The minimum Gasteiger partial charge on any atom is -0.498 e. The summed E-state index contributed by atoms with van der Waals surface area (Å²) in [6.07, 6.45) is 6.68. The topological polar surface area (TPSA) is 46.4 Å². The van der Waals surface area contributed by atoms with Crippen LogP contribution in [0.15, 0.2) is 45.5 Å². The fourth-order valence-corrected chi connectivity index (χ4v) is 2.25. The predicted octanol–water partition coefficient (Wildman–Crippen LogP) is 3.17. The van der Waals surface area contributed by atoms with Gasteiger partial charge in [0.2, 0.25) is 0 Å². The fraction of sp³-hybridized carbons (Fsp3) is 0.529. The second kappa shape index (κ2) is 9.95. The summed E-state index contributed by atoms with van der Waals surface area (Å²) in [5.41, 5.74) is 3.16. The Morgan fingerprint density at radius 1 is 1.36 bits per heavy atom. The summed E-state index contributed by atoms with van der Waals surface area (Å²) >= 11 is 0. The molecule has 122 valence electrons. The molecule has 0 saturated carbocycles. The van der Waals surface area contributed by atoms with Gasteiger partial charge in [-0.15, -0.1) is 0 Å². The molecule has 0 aromatic heterocycles. The van der Waals surface area contributed by atoms with Gasteiger partial charge in [-0.3, -0.25) is 4.99 Å². The first kappa shape index (κ1) is 18.2. The third-order valence-corrected chi connectivity index (χ3v) is 3.35. The highest BCUT2D eigenvalue weighted by atomic mass is 16.5. The molecule has 0 unspecified atom stereocenters. The van der Waals surface area contributed by atoms with Crippen molar-refractivity contribution in [3.8, 4) is 0 Å². The molecule has 2 rings (SSSR count). The molecule has 0 amide bonds. The van der Waals surface area contributed by atoms with Crippen LogP contribution in [0.3, 0.4) is 0 Å². The average molecular weight is 305 g/mol. The molecule has 2 aliphatic heterocycles. The molecular weight excluding hydrogens is 278 g/mol. The maximum absolute atomic E-state index is 5.34. The molecule has 2 aliphatic rings. The average Bonchev–Trinajstić information content (AvgIpc) is 2.59. The minimum absolute atomic E-state index is 0.648. The summed E-state index contributed by atoms with van der Waals surface area (Å²) in [7, 11) is 1.80. The summed E-state index contributed by atoms with van der Waals surface area (Å²) in [6, 6.07) is 0. The van der Waals surface area contributed by atoms with E-state index in [1.165, 1.54) is 5.57 Å². The Labute approximate surface area is 133 Å². The standard InChI is InChI=1S/C15H21N3O2.C2H6/c1-12-11-20-9-6-18(12)15(17-3)10-14(16-2)13-4-7-19-8-5-13;1-2/h4,10-11H,3,5-9H2,1-2H3;1-2H3/b15-10+,16-14?;. The molecule has 0 aromatic rings. The van der Waals surface area contributed by atoms with Crippen LogP contribution in [-0.2, 0) is 9.47 Å². The van der Waals surface area contributed by atoms with Gasteiger partial charge in [-0.05, 0) is 25.6 Å². The molecule has 22 heavy (non-hydrogen) atoms. The molecule has 0 fully saturated rings. The zero-order valence-electron chi connectivity index (χ0n) is 14.1. The van der Waals surface area contributed by atoms with Gasteiger partial charge >= 0.3 is 0 Å². The third-order valence-electron chi connectivity index (χ3n) is 3.35. The zero-order valence-corrected chi connectivity index (χ0v) is 14.1. The lowest BCUT2D eigenvalue weighted by Gasteiger charge is -2.28. The second-order valence-electron chi connectivity index (χ2n) is 4.61. The van der Waals surface area contributed by atoms with Crippen LogP contribution in [0, 0.1) is 0 Å². The molecule has 0 atom stereocenters. The van der Waals surface area contributed by atoms with Gasteiger partial charge in [-0.1, -0.05) is 19.9 Å². The Balaban J connectivity index is 0.00000116. The van der Waals surface area contributed by atoms with E-state index >= 15 is 0 Å². The van der Waals surface area contributed by atoms with Gasteiger partial charge in [0.05, 0.1) is 31.2 Å². The van der Waals surface area contributed by atoms with Gasteiger partial charge in [0, 0.05) is 13.1 Å². The molecule has 0 N–H and O–H groups in total. The van der Waals surface area contributed by atoms with Crippen molar-refractivity contribution in [3.63, 3.8) is 0 Å². The lowest BCUT2D eigenvalue weighted by Crippen LogP contribution is -2.28. The van der Waals surface area contributed by atoms with E-state index in [2.05, 4.69) is 27.7 Å². The van der Waals surface area contributed by atoms with E-state index in [1.54, 1.807) is 13.3 Å². The van der Waals surface area contributed by atoms with E-state index < -0.39 is 0 Å². The highest BCUT2D eigenvalue weighted by Gasteiger charge is 2.16. The van der Waals surface area contributed by atoms with E-state index in [0.717, 1.165) is 36.8 Å². The van der Waals surface area contributed by atoms with Gasteiger partial charge in [0.1, 0.15) is 18.7 Å². The van der Waals surface area contributed by atoms with E-state index in [1.807, 2.05) is 26.8 Å². The van der Waals surface area contributed by atoms with Crippen LogP contribution in [0.1, 0.15) is 27.2 Å². The molecular formula is C17H27N3O2. The van der Waals surface area contributed by atoms with Crippen LogP contribution in [0.25, 0.3) is 0 Å². The van der Waals surface area contributed by atoms with Crippen molar-refractivity contribution in [3.05, 3.63) is 35.5 Å². The van der Waals surface area contributed by atoms with E-state index in [0.29, 0.717) is 13.2 Å². The van der Waals surface area contributed by atoms with Crippen molar-refractivity contribution >= 4 is 12.4 Å². The lowest BCUT2D eigenvalue weighted by molar-refractivity contribution is 0.156. The quantitative estimate of drug-likeness (QED) is 0.750. The van der Waals surface area contributed by atoms with Crippen molar-refractivity contribution in [1.82, 2.24) is 4.90 Å². The second-order valence-corrected chi connectivity index (χ2v) is 4.61. The number of aliphatic imine (C=N–C) groups is 2. The number of nitrogens with zero attached hydrogens (tertiary/aromatic N) is 3. The van der Waals surface area contributed by atoms with Gasteiger partial charge in [-0.2, -0.15) is 0 Å². The summed E-state index contributed by atoms with van der Waals surface area (Å²) in [4.78, 5) is 10.6. The lowest BCUT2D eigenvalue weighted by atomic mass is 10.1. The molecule has 2 heterocycles. The molecule has 5 nitrogen and oxygen atoms in total. The minimum atomic E-state index is 0.648. The van der Waals surface area contributed by atoms with Crippen molar-refractivity contribution < 1.29 is 9.47 Å². The van der Waals surface area contributed by atoms with Gasteiger partial charge in [-0.25, -0.2) is 4.99 Å². The van der Waals surface area contributed by atoms with Crippen molar-refractivity contribution in [2.45, 2.75) is 27.2 Å². The van der Waals surface area contributed by atoms with Crippen LogP contribution in [0.2, 0.25) is 0 Å². The first-order valence-electron chi connectivity index (χ1n) is 7.74. The highest BCUT2D eigenvalue weighted by Crippen LogP contribution is 2.19. The first-order chi connectivity index (χ1) is 10.8. The largest absolute Gasteiger partial charge is 0.498 e. The van der Waals surface area contributed by atoms with Crippen molar-refractivity contribution in [2.24, 2.45) is 9.98 Å². The Kier molecular flexibility index (Phi) is 8.22. The molecule has 0 aliphatic carbocycles. The molecule has 0 spiro atoms. The third kappa shape index (κ3) is 4.84. The van der Waals surface area contributed by atoms with Crippen molar-refractivity contribution in [1.29, 1.82) is 0 Å². The Morgan fingerprint density at radius 2 is 2.14 bits per heavy atom. The Bertz CT molecular complexity index is 490. The van der Waals surface area contributed by atoms with Crippen LogP contribution < -0.4 is 0 Å². The van der Waals surface area contributed by atoms with Gasteiger partial charge < -0.3 is 14.4 Å². The Hall–Kier alpha value is -1.88. The molecule has 0 radical (unpaired) electrons. The summed E-state index contributed by atoms with van der Waals surface area (Å²) in [6.45, 7) is 12.5. The summed E-state index contributed by atoms with van der Waals surface area (Å²) < 4.78 is 10.6.